The lowest BCUT2D eigenvalue weighted by atomic mass is 9.85. The maximum atomic E-state index is 12.6. The molecule has 4 nitrogen and oxygen atoms in total. The number of hydrogen-bond donors (Lipinski definition) is 0. The minimum atomic E-state index is -1.26. The van der Waals surface area contributed by atoms with Crippen LogP contribution in [0.3, 0.4) is 0 Å². The predicted octanol–water partition coefficient (Wildman–Crippen LogP) is 3.20. The number of carbonyl (C=O) groups is 2. The van der Waals surface area contributed by atoms with Crippen LogP contribution >= 0.6 is 11.3 Å². The predicted molar refractivity (Wildman–Crippen MR) is 86.6 cm³/mol. The summed E-state index contributed by atoms with van der Waals surface area (Å²) in [5.74, 6) is -1.70. The first-order valence-corrected chi connectivity index (χ1v) is 8.16. The third-order valence-corrected chi connectivity index (χ3v) is 4.96. The van der Waals surface area contributed by atoms with E-state index in [4.69, 9.17) is 4.74 Å². The van der Waals surface area contributed by atoms with E-state index in [1.54, 1.807) is 6.07 Å². The van der Waals surface area contributed by atoms with Crippen LogP contribution in [-0.2, 0) is 11.2 Å². The Hall–Kier alpha value is -2.45. The van der Waals surface area contributed by atoms with E-state index in [0.717, 1.165) is 16.2 Å². The van der Waals surface area contributed by atoms with E-state index >= 15 is 0 Å². The van der Waals surface area contributed by atoms with E-state index < -0.39 is 17.6 Å². The van der Waals surface area contributed by atoms with E-state index in [9.17, 15) is 14.9 Å². The fourth-order valence-electron chi connectivity index (χ4n) is 2.71. The third kappa shape index (κ3) is 3.03. The molecular weight excluding hydrogens is 310 g/mol. The molecule has 0 saturated carbocycles. The number of para-hydroxylation sites is 1. The highest BCUT2D eigenvalue weighted by Crippen LogP contribution is 2.29. The van der Waals surface area contributed by atoms with Crippen LogP contribution in [0, 0.1) is 30.1 Å². The van der Waals surface area contributed by atoms with Crippen molar-refractivity contribution in [2.24, 2.45) is 11.8 Å². The van der Waals surface area contributed by atoms with Gasteiger partial charge in [0.2, 0.25) is 0 Å². The van der Waals surface area contributed by atoms with Crippen LogP contribution in [0.5, 0.6) is 5.75 Å². The van der Waals surface area contributed by atoms with E-state index in [2.05, 4.69) is 0 Å². The van der Waals surface area contributed by atoms with Crippen molar-refractivity contribution in [2.45, 2.75) is 13.3 Å². The van der Waals surface area contributed by atoms with Gasteiger partial charge in [-0.3, -0.25) is 9.59 Å². The summed E-state index contributed by atoms with van der Waals surface area (Å²) in [6, 6.07) is 12.9. The number of aryl methyl sites for hydroxylation is 1. The Kier molecular flexibility index (Phi) is 4.26. The summed E-state index contributed by atoms with van der Waals surface area (Å²) in [6.07, 6.45) is 0.504. The Morgan fingerprint density at radius 1 is 1.30 bits per heavy atom. The molecule has 2 heterocycles. The number of ketones is 2. The van der Waals surface area contributed by atoms with Gasteiger partial charge in [-0.2, -0.15) is 5.26 Å². The topological polar surface area (TPSA) is 67.2 Å². The zero-order chi connectivity index (χ0) is 16.4. The molecule has 3 rings (SSSR count). The fourth-order valence-corrected chi connectivity index (χ4v) is 3.54. The number of fused-ring (bicyclic) bond motifs is 1. The van der Waals surface area contributed by atoms with Crippen LogP contribution in [-0.4, -0.2) is 18.2 Å². The Morgan fingerprint density at radius 3 is 2.78 bits per heavy atom. The third-order valence-electron chi connectivity index (χ3n) is 3.94. The maximum Gasteiger partial charge on any atom is 0.197 e. The van der Waals surface area contributed by atoms with Crippen LogP contribution in [0.1, 0.15) is 20.1 Å². The average Bonchev–Trinajstić information content (AvgIpc) is 3.01. The lowest BCUT2D eigenvalue weighted by Gasteiger charge is -2.25. The number of Topliss-reactive ketones (excluding diaryl/α,β-unsaturated/α-hetero) is 2. The highest BCUT2D eigenvalue weighted by molar-refractivity contribution is 7.14. The van der Waals surface area contributed by atoms with Gasteiger partial charge in [-0.25, -0.2) is 0 Å². The van der Waals surface area contributed by atoms with Crippen LogP contribution in [0.15, 0.2) is 36.4 Å². The minimum Gasteiger partial charge on any atom is -0.493 e. The van der Waals surface area contributed by atoms with Gasteiger partial charge in [0.05, 0.1) is 23.5 Å². The molecule has 1 aromatic carbocycles. The van der Waals surface area contributed by atoms with Gasteiger partial charge in [0, 0.05) is 4.88 Å². The summed E-state index contributed by atoms with van der Waals surface area (Å²) >= 11 is 1.31. The number of nitriles is 1. The van der Waals surface area contributed by atoms with Gasteiger partial charge >= 0.3 is 0 Å². The molecule has 2 atom stereocenters. The SMILES string of the molecule is Cc1ccc(C(=O)[C@@H](C#N)C(=O)[C@H]2COc3ccccc3C2)s1. The molecule has 1 aliphatic heterocycles. The lowest BCUT2D eigenvalue weighted by molar-refractivity contribution is -0.125. The highest BCUT2D eigenvalue weighted by atomic mass is 32.1. The number of carbonyl (C=O) groups excluding carboxylic acids is 2. The number of hydrogen-bond acceptors (Lipinski definition) is 5. The first kappa shape index (κ1) is 15.4. The Morgan fingerprint density at radius 2 is 2.09 bits per heavy atom. The zero-order valence-electron chi connectivity index (χ0n) is 12.6. The summed E-state index contributed by atoms with van der Waals surface area (Å²) in [4.78, 5) is 26.5. The summed E-state index contributed by atoms with van der Waals surface area (Å²) in [5.41, 5.74) is 0.938. The molecule has 1 aromatic heterocycles. The Bertz CT molecular complexity index is 803. The van der Waals surface area contributed by atoms with Crippen molar-refractivity contribution in [1.29, 1.82) is 5.26 Å². The minimum absolute atomic E-state index is 0.213. The molecule has 0 bridgehead atoms. The normalized spacial score (nSPS) is 17.5. The lowest BCUT2D eigenvalue weighted by Crippen LogP contribution is -2.35. The average molecular weight is 325 g/mol. The standard InChI is InChI=1S/C18H15NO3S/c1-11-6-7-16(23-11)18(21)14(9-19)17(20)13-8-12-4-2-3-5-15(12)22-10-13/h2-7,13-14H,8,10H2,1H3/t13-,14+/m1/s1. The molecule has 23 heavy (non-hydrogen) atoms. The number of rotatable bonds is 4. The smallest absolute Gasteiger partial charge is 0.197 e. The number of nitrogens with zero attached hydrogens (tertiary/aromatic N) is 1. The Balaban J connectivity index is 1.79. The molecule has 116 valence electrons. The van der Waals surface area contributed by atoms with Crippen LogP contribution in [0.2, 0.25) is 0 Å². The zero-order valence-corrected chi connectivity index (χ0v) is 13.4. The second-order valence-electron chi connectivity index (χ2n) is 5.56. The second-order valence-corrected chi connectivity index (χ2v) is 6.85. The first-order chi connectivity index (χ1) is 11.1. The van der Waals surface area contributed by atoms with Gasteiger partial charge in [-0.15, -0.1) is 11.3 Å². The van der Waals surface area contributed by atoms with Crippen molar-refractivity contribution < 1.29 is 14.3 Å². The molecule has 0 aliphatic carbocycles. The van der Waals surface area contributed by atoms with Crippen molar-refractivity contribution in [3.05, 3.63) is 51.7 Å². The first-order valence-electron chi connectivity index (χ1n) is 7.35. The maximum absolute atomic E-state index is 12.6. The van der Waals surface area contributed by atoms with Crippen molar-refractivity contribution in [3.8, 4) is 11.8 Å². The molecule has 0 saturated heterocycles. The van der Waals surface area contributed by atoms with Gasteiger partial charge in [-0.05, 0) is 37.1 Å². The molecule has 0 radical (unpaired) electrons. The van der Waals surface area contributed by atoms with Gasteiger partial charge in [0.25, 0.3) is 0 Å². The molecule has 5 heteroatoms. The number of ether oxygens (including phenoxy) is 1. The van der Waals surface area contributed by atoms with Crippen LogP contribution in [0.25, 0.3) is 0 Å². The quantitative estimate of drug-likeness (QED) is 0.639. The molecule has 1 aliphatic rings. The molecule has 0 amide bonds. The van der Waals surface area contributed by atoms with Crippen molar-refractivity contribution in [2.75, 3.05) is 6.61 Å². The molecule has 0 fully saturated rings. The molecule has 0 unspecified atom stereocenters. The van der Waals surface area contributed by atoms with E-state index in [1.165, 1.54) is 11.3 Å². The van der Waals surface area contributed by atoms with E-state index in [-0.39, 0.29) is 12.4 Å². The Labute approximate surface area is 138 Å². The highest BCUT2D eigenvalue weighted by Gasteiger charge is 2.36. The monoisotopic (exact) mass is 325 g/mol. The van der Waals surface area contributed by atoms with Crippen molar-refractivity contribution in [3.63, 3.8) is 0 Å². The summed E-state index contributed by atoms with van der Waals surface area (Å²) in [5, 5.41) is 9.33. The van der Waals surface area contributed by atoms with Crippen molar-refractivity contribution in [1.82, 2.24) is 0 Å². The van der Waals surface area contributed by atoms with E-state index in [0.29, 0.717) is 11.3 Å². The largest absolute Gasteiger partial charge is 0.493 e. The van der Waals surface area contributed by atoms with Gasteiger partial charge < -0.3 is 4.74 Å². The van der Waals surface area contributed by atoms with E-state index in [1.807, 2.05) is 43.3 Å². The molecule has 0 spiro atoms. The number of benzene rings is 1. The van der Waals surface area contributed by atoms with Gasteiger partial charge in [0.15, 0.2) is 17.5 Å². The van der Waals surface area contributed by atoms with Crippen LogP contribution in [0.4, 0.5) is 0 Å². The van der Waals surface area contributed by atoms with Gasteiger partial charge in [0.1, 0.15) is 5.75 Å². The number of thiophene rings is 1. The van der Waals surface area contributed by atoms with Gasteiger partial charge in [-0.1, -0.05) is 18.2 Å². The van der Waals surface area contributed by atoms with Crippen molar-refractivity contribution >= 4 is 22.9 Å². The fraction of sp³-hybridized carbons (Fsp3) is 0.278. The summed E-state index contributed by atoms with van der Waals surface area (Å²) in [6.45, 7) is 2.10. The second kappa shape index (κ2) is 6.35. The summed E-state index contributed by atoms with van der Waals surface area (Å²) < 4.78 is 5.60. The molecular formula is C18H15NO3S. The molecule has 0 N–H and O–H groups in total. The molecule has 2 aromatic rings. The summed E-state index contributed by atoms with van der Waals surface area (Å²) in [7, 11) is 0. The van der Waals surface area contributed by atoms with Crippen LogP contribution < -0.4 is 4.74 Å².